The third-order valence-corrected chi connectivity index (χ3v) is 4.93. The van der Waals surface area contributed by atoms with Gasteiger partial charge in [0.15, 0.2) is 23.2 Å². The Labute approximate surface area is 165 Å². The molecule has 1 aliphatic rings. The van der Waals surface area contributed by atoms with Crippen LogP contribution in [-0.4, -0.2) is 41.1 Å². The first-order valence-corrected chi connectivity index (χ1v) is 9.39. The lowest BCUT2D eigenvalue weighted by Crippen LogP contribution is -2.36. The van der Waals surface area contributed by atoms with Crippen LogP contribution in [0.2, 0.25) is 5.82 Å². The lowest BCUT2D eigenvalue weighted by Gasteiger charge is -2.28. The van der Waals surface area contributed by atoms with E-state index in [0.717, 1.165) is 22.5 Å². The largest absolute Gasteiger partial charge is 0.536 e. The van der Waals surface area contributed by atoms with Crippen molar-refractivity contribution >= 4 is 41.0 Å². The van der Waals surface area contributed by atoms with Gasteiger partial charge in [0.25, 0.3) is 5.91 Å². The normalized spacial score (nSPS) is 16.3. The number of hydrogen-bond acceptors (Lipinski definition) is 9. The summed E-state index contributed by atoms with van der Waals surface area (Å²) in [6.45, 7) is 1.42. The number of oxime groups is 1. The number of nitrogens with zero attached hydrogens (tertiary/aromatic N) is 2. The molecule has 1 amide bonds. The molecule has 1 aliphatic heterocycles. The summed E-state index contributed by atoms with van der Waals surface area (Å²) in [4.78, 5) is 32.6. The maximum atomic E-state index is 12.9. The second-order valence-electron chi connectivity index (χ2n) is 6.41. The summed E-state index contributed by atoms with van der Waals surface area (Å²) >= 11 is 1.14. The van der Waals surface area contributed by atoms with Crippen molar-refractivity contribution in [3.05, 3.63) is 40.4 Å². The fourth-order valence-corrected chi connectivity index (χ4v) is 3.50. The molecule has 1 aromatic heterocycles. The van der Waals surface area contributed by atoms with Crippen molar-refractivity contribution in [2.75, 3.05) is 12.3 Å². The van der Waals surface area contributed by atoms with E-state index in [1.165, 1.54) is 0 Å². The molecule has 0 spiro atoms. The maximum absolute atomic E-state index is 12.9. The number of ketones is 1. The quantitative estimate of drug-likeness (QED) is 0.350. The van der Waals surface area contributed by atoms with Crippen LogP contribution in [0.3, 0.4) is 0 Å². The van der Waals surface area contributed by atoms with Gasteiger partial charge in [-0.25, -0.2) is 4.98 Å². The lowest BCUT2D eigenvalue weighted by atomic mass is 9.64. The monoisotopic (exact) mass is 402 g/mol. The Hall–Kier alpha value is -2.92. The topological polar surface area (TPSA) is 150 Å². The number of carbonyl (C=O) groups excluding carboxylic acids is 2. The van der Waals surface area contributed by atoms with Crippen LogP contribution in [0, 0.1) is 6.92 Å². The van der Waals surface area contributed by atoms with E-state index in [1.54, 1.807) is 5.38 Å². The molecule has 11 heteroatoms. The molecule has 0 radical (unpaired) electrons. The standard InChI is InChI=1S/C17H19BN4O5S/c1-9-3-2-4-10-5-11(18(25)27-16(9)10)6-13(23)15(22-26-7-14(19)24)12-8-28-17(20)21-12/h2-4,8,11,25H,5-7H2,1H3,(H2,19,24)(H2,20,21)/b22-15-/t11-/m1/s1. The number of nitrogen functional groups attached to an aromatic ring is 1. The van der Waals surface area contributed by atoms with Gasteiger partial charge in [0.2, 0.25) is 0 Å². The van der Waals surface area contributed by atoms with E-state index in [-0.39, 0.29) is 23.0 Å². The molecule has 0 unspecified atom stereocenters. The third kappa shape index (κ3) is 4.49. The molecule has 3 rings (SSSR count). The van der Waals surface area contributed by atoms with Crippen LogP contribution in [0.5, 0.6) is 5.75 Å². The number of nitrogens with two attached hydrogens (primary N) is 2. The molecule has 0 bridgehead atoms. The molecule has 146 valence electrons. The molecule has 0 aliphatic carbocycles. The number of Topliss-reactive ketones (excluding diaryl/α,β-unsaturated/α-hetero) is 1. The van der Waals surface area contributed by atoms with Crippen LogP contribution < -0.4 is 16.1 Å². The number of carbonyl (C=O) groups is 2. The highest BCUT2D eigenvalue weighted by Crippen LogP contribution is 2.36. The van der Waals surface area contributed by atoms with Crippen molar-refractivity contribution in [3.8, 4) is 5.75 Å². The van der Waals surface area contributed by atoms with Crippen LogP contribution in [0.4, 0.5) is 5.13 Å². The van der Waals surface area contributed by atoms with Crippen LogP contribution in [-0.2, 0) is 20.8 Å². The zero-order chi connectivity index (χ0) is 20.3. The van der Waals surface area contributed by atoms with Gasteiger partial charge in [0.1, 0.15) is 11.4 Å². The molecule has 2 heterocycles. The zero-order valence-electron chi connectivity index (χ0n) is 15.1. The molecule has 0 saturated carbocycles. The van der Waals surface area contributed by atoms with Gasteiger partial charge in [-0.15, -0.1) is 11.3 Å². The summed E-state index contributed by atoms with van der Waals surface area (Å²) in [7, 11) is -1.13. The Kier molecular flexibility index (Phi) is 5.95. The van der Waals surface area contributed by atoms with E-state index in [1.807, 2.05) is 25.1 Å². The number of thiazole rings is 1. The SMILES string of the molecule is Cc1cccc2c1OB(O)[C@@H](CC(=O)/C(=N\OCC(N)=O)c1csc(N)n1)C2. The Balaban J connectivity index is 1.78. The van der Waals surface area contributed by atoms with E-state index in [4.69, 9.17) is 21.0 Å². The van der Waals surface area contributed by atoms with E-state index in [0.29, 0.717) is 12.2 Å². The number of aromatic nitrogens is 1. The van der Waals surface area contributed by atoms with E-state index >= 15 is 0 Å². The third-order valence-electron chi connectivity index (χ3n) is 4.26. The molecule has 5 N–H and O–H groups in total. The first kappa shape index (κ1) is 19.8. The molecule has 1 atom stereocenters. The van der Waals surface area contributed by atoms with Crippen molar-refractivity contribution in [3.63, 3.8) is 0 Å². The van der Waals surface area contributed by atoms with Crippen LogP contribution in [0.15, 0.2) is 28.7 Å². The average molecular weight is 402 g/mol. The second-order valence-corrected chi connectivity index (χ2v) is 7.30. The molecule has 0 fully saturated rings. The van der Waals surface area contributed by atoms with Crippen molar-refractivity contribution < 1.29 is 24.1 Å². The van der Waals surface area contributed by atoms with Crippen LogP contribution in [0.25, 0.3) is 0 Å². The maximum Gasteiger partial charge on any atom is 0.526 e. The number of primary amides is 1. The predicted molar refractivity (Wildman–Crippen MR) is 105 cm³/mol. The summed E-state index contributed by atoms with van der Waals surface area (Å²) in [6.07, 6.45) is 0.420. The van der Waals surface area contributed by atoms with Gasteiger partial charge < -0.3 is 26.0 Å². The Morgan fingerprint density at radius 2 is 2.29 bits per heavy atom. The number of hydrogen-bond donors (Lipinski definition) is 3. The van der Waals surface area contributed by atoms with Gasteiger partial charge in [0, 0.05) is 17.6 Å². The molecule has 2 aromatic rings. The number of para-hydroxylation sites is 1. The summed E-state index contributed by atoms with van der Waals surface area (Å²) in [6, 6.07) is 5.69. The number of fused-ring (bicyclic) bond motifs is 1. The van der Waals surface area contributed by atoms with E-state index < -0.39 is 31.2 Å². The number of rotatable bonds is 7. The Morgan fingerprint density at radius 1 is 1.50 bits per heavy atom. The fourth-order valence-electron chi connectivity index (χ4n) is 2.95. The van der Waals surface area contributed by atoms with Gasteiger partial charge in [-0.2, -0.15) is 0 Å². The first-order valence-electron chi connectivity index (χ1n) is 8.51. The lowest BCUT2D eigenvalue weighted by molar-refractivity contribution is -0.122. The van der Waals surface area contributed by atoms with Crippen LogP contribution in [0.1, 0.15) is 23.2 Å². The molecular weight excluding hydrogens is 383 g/mol. The van der Waals surface area contributed by atoms with E-state index in [9.17, 15) is 14.6 Å². The zero-order valence-corrected chi connectivity index (χ0v) is 15.9. The van der Waals surface area contributed by atoms with Gasteiger partial charge >= 0.3 is 7.12 Å². The minimum Gasteiger partial charge on any atom is -0.536 e. The number of amides is 1. The Bertz CT molecular complexity index is 932. The highest BCUT2D eigenvalue weighted by Gasteiger charge is 2.37. The number of benzene rings is 1. The Morgan fingerprint density at radius 3 is 2.96 bits per heavy atom. The summed E-state index contributed by atoms with van der Waals surface area (Å²) < 4.78 is 5.62. The van der Waals surface area contributed by atoms with Crippen molar-refractivity contribution in [1.29, 1.82) is 0 Å². The number of anilines is 1. The second kappa shape index (κ2) is 8.40. The fraction of sp³-hybridized carbons (Fsp3) is 0.294. The van der Waals surface area contributed by atoms with Crippen molar-refractivity contribution in [1.82, 2.24) is 4.98 Å². The number of aryl methyl sites for hydroxylation is 1. The highest BCUT2D eigenvalue weighted by atomic mass is 32.1. The predicted octanol–water partition coefficient (Wildman–Crippen LogP) is 0.685. The van der Waals surface area contributed by atoms with Gasteiger partial charge in [-0.3, -0.25) is 9.59 Å². The molecule has 28 heavy (non-hydrogen) atoms. The average Bonchev–Trinajstić information content (AvgIpc) is 3.06. The molecule has 0 saturated heterocycles. The van der Waals surface area contributed by atoms with Crippen LogP contribution >= 0.6 is 11.3 Å². The van der Waals surface area contributed by atoms with Gasteiger partial charge in [-0.05, 0) is 24.5 Å². The smallest absolute Gasteiger partial charge is 0.526 e. The first-order chi connectivity index (χ1) is 13.3. The summed E-state index contributed by atoms with van der Waals surface area (Å²) in [5, 5.41) is 15.9. The van der Waals surface area contributed by atoms with Gasteiger partial charge in [-0.1, -0.05) is 23.4 Å². The summed E-state index contributed by atoms with van der Waals surface area (Å²) in [5.74, 6) is -0.973. The van der Waals surface area contributed by atoms with Crippen molar-refractivity contribution in [2.45, 2.75) is 25.6 Å². The van der Waals surface area contributed by atoms with E-state index in [2.05, 4.69) is 10.1 Å². The molecular formula is C17H19BN4O5S. The molecule has 9 nitrogen and oxygen atoms in total. The minimum atomic E-state index is -1.13. The minimum absolute atomic E-state index is 0.0508. The van der Waals surface area contributed by atoms with Gasteiger partial charge in [0.05, 0.1) is 0 Å². The summed E-state index contributed by atoms with van der Waals surface area (Å²) in [5.41, 5.74) is 12.6. The van der Waals surface area contributed by atoms with Crippen molar-refractivity contribution in [2.24, 2.45) is 10.9 Å². The highest BCUT2D eigenvalue weighted by molar-refractivity contribution is 7.13. The molecule has 1 aromatic carbocycles.